The number of piperidine rings is 1. The minimum atomic E-state index is -0.475. The predicted molar refractivity (Wildman–Crippen MR) is 131 cm³/mol. The number of carbonyl (C=O) groups is 1. The zero-order valence-electron chi connectivity index (χ0n) is 20.0. The van der Waals surface area contributed by atoms with Gasteiger partial charge in [0.15, 0.2) is 0 Å². The van der Waals surface area contributed by atoms with Gasteiger partial charge in [0, 0.05) is 45.2 Å². The van der Waals surface area contributed by atoms with Crippen molar-refractivity contribution < 1.29 is 14.3 Å². The van der Waals surface area contributed by atoms with Gasteiger partial charge in [-0.2, -0.15) is 5.26 Å². The molecule has 1 saturated heterocycles. The summed E-state index contributed by atoms with van der Waals surface area (Å²) in [7, 11) is 2.04. The fourth-order valence-corrected chi connectivity index (χ4v) is 3.62. The van der Waals surface area contributed by atoms with E-state index in [1.165, 1.54) is 0 Å². The zero-order chi connectivity index (χ0) is 23.8. The van der Waals surface area contributed by atoms with Crippen molar-refractivity contribution >= 4 is 17.9 Å². The smallest absolute Gasteiger partial charge is 0.410 e. The van der Waals surface area contributed by atoms with Crippen molar-refractivity contribution in [1.29, 1.82) is 5.26 Å². The lowest BCUT2D eigenvalue weighted by atomic mass is 10.1. The molecule has 1 fully saturated rings. The molecule has 0 atom stereocenters. The summed E-state index contributed by atoms with van der Waals surface area (Å²) in [6, 6.07) is 17.8. The maximum absolute atomic E-state index is 12.2. The predicted octanol–water partition coefficient (Wildman–Crippen LogP) is 5.49. The van der Waals surface area contributed by atoms with Crippen molar-refractivity contribution in [2.24, 2.45) is 0 Å². The first-order chi connectivity index (χ1) is 15.7. The van der Waals surface area contributed by atoms with Crippen LogP contribution in [0.4, 0.5) is 10.5 Å². The third-order valence-electron chi connectivity index (χ3n) is 5.38. The number of hydrogen-bond donors (Lipinski definition) is 0. The Labute approximate surface area is 197 Å². The van der Waals surface area contributed by atoms with Crippen LogP contribution in [0.2, 0.25) is 0 Å². The molecule has 1 aliphatic rings. The van der Waals surface area contributed by atoms with Crippen molar-refractivity contribution in [3.63, 3.8) is 0 Å². The second-order valence-electron chi connectivity index (χ2n) is 9.30. The third kappa shape index (κ3) is 7.57. The van der Waals surface area contributed by atoms with Crippen LogP contribution in [0.15, 0.2) is 54.6 Å². The van der Waals surface area contributed by atoms with Crippen molar-refractivity contribution in [2.75, 3.05) is 31.6 Å². The summed E-state index contributed by atoms with van der Waals surface area (Å²) in [5.74, 6) is 0.840. The van der Waals surface area contributed by atoms with Gasteiger partial charge in [-0.25, -0.2) is 4.79 Å². The van der Waals surface area contributed by atoms with Crippen LogP contribution >= 0.6 is 0 Å². The number of rotatable bonds is 6. The largest absolute Gasteiger partial charge is 0.490 e. The van der Waals surface area contributed by atoms with Crippen LogP contribution in [0.3, 0.4) is 0 Å². The lowest BCUT2D eigenvalue weighted by molar-refractivity contribution is 0.0126. The number of likely N-dealkylation sites (N-methyl/N-ethyl adjacent to an activating group) is 1. The number of likely N-dealkylation sites (tertiary alicyclic amines) is 1. The Morgan fingerprint density at radius 3 is 2.52 bits per heavy atom. The number of amides is 1. The topological polar surface area (TPSA) is 65.8 Å². The van der Waals surface area contributed by atoms with Crippen LogP contribution in [0.25, 0.3) is 6.08 Å². The molecule has 1 amide bonds. The zero-order valence-corrected chi connectivity index (χ0v) is 20.0. The van der Waals surface area contributed by atoms with Crippen LogP contribution in [-0.4, -0.2) is 49.4 Å². The molecule has 0 radical (unpaired) electrons. The quantitative estimate of drug-likeness (QED) is 0.586. The summed E-state index contributed by atoms with van der Waals surface area (Å²) in [6.07, 6.45) is 5.54. The maximum atomic E-state index is 12.2. The fourth-order valence-electron chi connectivity index (χ4n) is 3.62. The molecule has 2 aromatic carbocycles. The molecule has 6 nitrogen and oxygen atoms in total. The molecule has 0 bridgehead atoms. The van der Waals surface area contributed by atoms with Gasteiger partial charge in [0.25, 0.3) is 0 Å². The van der Waals surface area contributed by atoms with Gasteiger partial charge >= 0.3 is 6.09 Å². The van der Waals surface area contributed by atoms with Crippen molar-refractivity contribution in [3.05, 3.63) is 65.7 Å². The van der Waals surface area contributed by atoms with E-state index in [0.29, 0.717) is 18.7 Å². The van der Waals surface area contributed by atoms with E-state index in [9.17, 15) is 4.79 Å². The van der Waals surface area contributed by atoms with Gasteiger partial charge in [-0.1, -0.05) is 24.3 Å². The molecule has 2 aromatic rings. The van der Waals surface area contributed by atoms with E-state index >= 15 is 0 Å². The van der Waals surface area contributed by atoms with E-state index in [-0.39, 0.29) is 12.2 Å². The molecule has 0 unspecified atom stereocenters. The van der Waals surface area contributed by atoms with Gasteiger partial charge in [-0.05, 0) is 62.7 Å². The van der Waals surface area contributed by atoms with Crippen LogP contribution in [0.5, 0.6) is 5.75 Å². The summed E-state index contributed by atoms with van der Waals surface area (Å²) in [5, 5.41) is 9.01. The first kappa shape index (κ1) is 24.2. The van der Waals surface area contributed by atoms with Crippen LogP contribution in [0, 0.1) is 11.3 Å². The Balaban J connectivity index is 1.46. The molecule has 1 aliphatic heterocycles. The van der Waals surface area contributed by atoms with E-state index in [2.05, 4.69) is 29.2 Å². The number of hydrogen-bond acceptors (Lipinski definition) is 5. The Kier molecular flexibility index (Phi) is 8.00. The molecule has 0 N–H and O–H groups in total. The van der Waals surface area contributed by atoms with Gasteiger partial charge in [-0.15, -0.1) is 0 Å². The molecule has 174 valence electrons. The molecule has 33 heavy (non-hydrogen) atoms. The molecular weight excluding hydrogens is 414 g/mol. The van der Waals surface area contributed by atoms with Crippen LogP contribution in [-0.2, 0) is 4.74 Å². The number of anilines is 1. The molecule has 6 heteroatoms. The molecule has 0 spiro atoms. The second kappa shape index (κ2) is 10.9. The third-order valence-corrected chi connectivity index (χ3v) is 5.38. The van der Waals surface area contributed by atoms with Crippen LogP contribution < -0.4 is 9.64 Å². The summed E-state index contributed by atoms with van der Waals surface area (Å²) in [5.41, 5.74) is 2.30. The first-order valence-corrected chi connectivity index (χ1v) is 11.4. The average molecular weight is 448 g/mol. The average Bonchev–Trinajstić information content (AvgIpc) is 2.79. The Morgan fingerprint density at radius 2 is 1.88 bits per heavy atom. The standard InChI is InChI=1S/C27H33N3O3/c1-27(2,3)33-26(31)30-17-14-25(15-18-30)32-24-12-10-23(11-13-24)29(4)16-6-9-21-7-5-8-22(19-21)20-28/h5-13,19,25H,14-18H2,1-4H3. The highest BCUT2D eigenvalue weighted by Crippen LogP contribution is 2.23. The van der Waals surface area contributed by atoms with Gasteiger partial charge < -0.3 is 19.3 Å². The van der Waals surface area contributed by atoms with E-state index in [0.717, 1.165) is 36.4 Å². The minimum absolute atomic E-state index is 0.0966. The highest BCUT2D eigenvalue weighted by molar-refractivity contribution is 5.68. The van der Waals surface area contributed by atoms with Crippen LogP contribution in [0.1, 0.15) is 44.7 Å². The monoisotopic (exact) mass is 447 g/mol. The molecular formula is C27H33N3O3. The van der Waals surface area contributed by atoms with Crippen molar-refractivity contribution in [1.82, 2.24) is 4.90 Å². The summed E-state index contributed by atoms with van der Waals surface area (Å²) in [4.78, 5) is 16.1. The van der Waals surface area contributed by atoms with E-state index in [4.69, 9.17) is 14.7 Å². The van der Waals surface area contributed by atoms with Gasteiger partial charge in [-0.3, -0.25) is 0 Å². The number of carbonyl (C=O) groups excluding carboxylic acids is 1. The van der Waals surface area contributed by atoms with Gasteiger partial charge in [0.2, 0.25) is 0 Å². The van der Waals surface area contributed by atoms with Gasteiger partial charge in [0.1, 0.15) is 17.5 Å². The number of benzene rings is 2. The minimum Gasteiger partial charge on any atom is -0.490 e. The SMILES string of the molecule is CN(CC=Cc1cccc(C#N)c1)c1ccc(OC2CCN(C(=O)OC(C)(C)C)CC2)cc1. The van der Waals surface area contributed by atoms with E-state index in [1.54, 1.807) is 11.0 Å². The fraction of sp³-hybridized carbons (Fsp3) is 0.407. The highest BCUT2D eigenvalue weighted by Gasteiger charge is 2.27. The van der Waals surface area contributed by atoms with Crippen molar-refractivity contribution in [2.45, 2.75) is 45.3 Å². The lowest BCUT2D eigenvalue weighted by Gasteiger charge is -2.33. The molecule has 3 rings (SSSR count). The van der Waals surface area contributed by atoms with Crippen molar-refractivity contribution in [3.8, 4) is 11.8 Å². The Morgan fingerprint density at radius 1 is 1.18 bits per heavy atom. The second-order valence-corrected chi connectivity index (χ2v) is 9.30. The van der Waals surface area contributed by atoms with E-state index < -0.39 is 5.60 Å². The Bertz CT molecular complexity index is 995. The number of nitrogens with zero attached hydrogens (tertiary/aromatic N) is 3. The lowest BCUT2D eigenvalue weighted by Crippen LogP contribution is -2.44. The maximum Gasteiger partial charge on any atom is 0.410 e. The summed E-state index contributed by atoms with van der Waals surface area (Å²) in [6.45, 7) is 7.68. The highest BCUT2D eigenvalue weighted by atomic mass is 16.6. The number of nitriles is 1. The molecule has 0 aromatic heterocycles. The van der Waals surface area contributed by atoms with Gasteiger partial charge in [0.05, 0.1) is 11.6 Å². The summed E-state index contributed by atoms with van der Waals surface area (Å²) >= 11 is 0. The molecule has 0 saturated carbocycles. The summed E-state index contributed by atoms with van der Waals surface area (Å²) < 4.78 is 11.6. The Hall–Kier alpha value is -3.46. The first-order valence-electron chi connectivity index (χ1n) is 11.4. The molecule has 0 aliphatic carbocycles. The molecule has 1 heterocycles. The normalized spacial score (nSPS) is 14.7. The number of ether oxygens (including phenoxy) is 2. The van der Waals surface area contributed by atoms with E-state index in [1.807, 2.05) is 64.2 Å².